The zero-order valence-corrected chi connectivity index (χ0v) is 17.7. The first-order valence-corrected chi connectivity index (χ1v) is 11.6. The number of fused-ring (bicyclic) bond motifs is 2. The number of sulfonamides is 1. The van der Waals surface area contributed by atoms with Crippen LogP contribution in [0, 0.1) is 5.41 Å². The second kappa shape index (κ2) is 8.32. The summed E-state index contributed by atoms with van der Waals surface area (Å²) in [7, 11) is -3.70. The molecule has 0 fully saturated rings. The van der Waals surface area contributed by atoms with E-state index in [9.17, 15) is 8.42 Å². The normalized spacial score (nSPS) is 11.8. The Hall–Kier alpha value is -3.12. The van der Waals surface area contributed by atoms with Crippen LogP contribution in [0.4, 0.5) is 5.69 Å². The first kappa shape index (κ1) is 20.2. The maximum Gasteiger partial charge on any atom is 0.261 e. The molecule has 0 unspecified atom stereocenters. The van der Waals surface area contributed by atoms with Gasteiger partial charge >= 0.3 is 0 Å². The molecule has 0 atom stereocenters. The van der Waals surface area contributed by atoms with E-state index in [1.807, 2.05) is 48.7 Å². The zero-order chi connectivity index (χ0) is 21.1. The molecule has 3 aromatic carbocycles. The van der Waals surface area contributed by atoms with Gasteiger partial charge < -0.3 is 10.4 Å². The van der Waals surface area contributed by atoms with Crippen LogP contribution in [0.5, 0.6) is 0 Å². The van der Waals surface area contributed by atoms with Gasteiger partial charge in [-0.15, -0.1) is 0 Å². The van der Waals surface area contributed by atoms with Crippen LogP contribution in [0.3, 0.4) is 0 Å². The number of hydrogen-bond donors (Lipinski definition) is 3. The van der Waals surface area contributed by atoms with Crippen molar-refractivity contribution < 1.29 is 8.42 Å². The van der Waals surface area contributed by atoms with Gasteiger partial charge in [0.25, 0.3) is 10.0 Å². The Balaban J connectivity index is 1.59. The molecule has 1 aromatic heterocycles. The van der Waals surface area contributed by atoms with Crippen molar-refractivity contribution in [2.24, 2.45) is 0 Å². The highest BCUT2D eigenvalue weighted by atomic mass is 32.2. The van der Waals surface area contributed by atoms with Crippen molar-refractivity contribution in [2.75, 3.05) is 4.72 Å². The lowest BCUT2D eigenvalue weighted by Gasteiger charge is -2.10. The molecule has 0 aliphatic carbocycles. The van der Waals surface area contributed by atoms with Crippen LogP contribution in [0.15, 0.2) is 71.8 Å². The Morgan fingerprint density at radius 1 is 1.00 bits per heavy atom. The van der Waals surface area contributed by atoms with E-state index in [4.69, 9.17) is 5.41 Å². The molecule has 154 valence electrons. The lowest BCUT2D eigenvalue weighted by molar-refractivity contribution is 0.601. The molecular weight excluding hydrogens is 394 g/mol. The van der Waals surface area contributed by atoms with Crippen LogP contribution in [-0.4, -0.2) is 19.1 Å². The molecule has 5 nitrogen and oxygen atoms in total. The summed E-state index contributed by atoms with van der Waals surface area (Å²) in [6.07, 6.45) is 5.23. The Morgan fingerprint density at radius 3 is 2.60 bits per heavy atom. The summed E-state index contributed by atoms with van der Waals surface area (Å²) < 4.78 is 28.6. The fourth-order valence-electron chi connectivity index (χ4n) is 3.71. The van der Waals surface area contributed by atoms with Gasteiger partial charge in [0.15, 0.2) is 0 Å². The second-order valence-corrected chi connectivity index (χ2v) is 9.22. The maximum absolute atomic E-state index is 12.9. The number of nitrogens with one attached hydrogen (secondary N) is 3. The average Bonchev–Trinajstić information content (AvgIpc) is 3.14. The minimum Gasteiger partial charge on any atom is -0.361 e. The highest BCUT2D eigenvalue weighted by Gasteiger charge is 2.15. The third-order valence-corrected chi connectivity index (χ3v) is 6.68. The number of rotatable bonds is 8. The molecule has 4 rings (SSSR count). The van der Waals surface area contributed by atoms with Gasteiger partial charge in [0, 0.05) is 28.5 Å². The average molecular weight is 420 g/mol. The molecule has 1 heterocycles. The first-order valence-electron chi connectivity index (χ1n) is 10.1. The number of hydrogen-bond acceptors (Lipinski definition) is 3. The summed E-state index contributed by atoms with van der Waals surface area (Å²) in [6, 6.07) is 18.3. The number of benzene rings is 3. The second-order valence-electron chi connectivity index (χ2n) is 7.54. The Bertz CT molecular complexity index is 1320. The molecule has 0 radical (unpaired) electrons. The van der Waals surface area contributed by atoms with E-state index in [-0.39, 0.29) is 4.90 Å². The predicted molar refractivity (Wildman–Crippen MR) is 124 cm³/mol. The van der Waals surface area contributed by atoms with E-state index in [0.29, 0.717) is 12.1 Å². The standard InChI is InChI=1S/C24H25N3O2S/c1-2-5-20(25)10-8-19-16-26-24-13-11-21(15-23(19)24)27-30(28,29)22-12-9-17-6-3-4-7-18(17)14-22/h3-4,6-7,9,11-16,25-27H,2,5,8,10H2,1H3. The third-order valence-electron chi connectivity index (χ3n) is 5.30. The highest BCUT2D eigenvalue weighted by molar-refractivity contribution is 7.92. The molecule has 3 N–H and O–H groups in total. The van der Waals surface area contributed by atoms with Crippen molar-refractivity contribution in [3.05, 3.63) is 72.4 Å². The van der Waals surface area contributed by atoms with Crippen LogP contribution in [0.1, 0.15) is 31.7 Å². The first-order chi connectivity index (χ1) is 14.5. The molecule has 0 amide bonds. The van der Waals surface area contributed by atoms with E-state index in [1.54, 1.807) is 18.2 Å². The zero-order valence-electron chi connectivity index (χ0n) is 16.9. The summed E-state index contributed by atoms with van der Waals surface area (Å²) in [5.41, 5.74) is 3.33. The maximum atomic E-state index is 12.9. The number of aromatic amines is 1. The van der Waals surface area contributed by atoms with Crippen LogP contribution in [0.2, 0.25) is 0 Å². The molecule has 0 saturated heterocycles. The number of H-pyrrole nitrogens is 1. The van der Waals surface area contributed by atoms with Crippen LogP contribution in [0.25, 0.3) is 21.7 Å². The van der Waals surface area contributed by atoms with E-state index >= 15 is 0 Å². The van der Waals surface area contributed by atoms with E-state index in [0.717, 1.165) is 52.2 Å². The van der Waals surface area contributed by atoms with E-state index in [2.05, 4.69) is 16.6 Å². The van der Waals surface area contributed by atoms with Crippen molar-refractivity contribution in [3.63, 3.8) is 0 Å². The van der Waals surface area contributed by atoms with Gasteiger partial charge in [-0.05, 0) is 65.9 Å². The van der Waals surface area contributed by atoms with Crippen LogP contribution in [-0.2, 0) is 16.4 Å². The topological polar surface area (TPSA) is 85.8 Å². The lowest BCUT2D eigenvalue weighted by atomic mass is 10.0. The number of anilines is 1. The third kappa shape index (κ3) is 4.24. The molecule has 0 spiro atoms. The smallest absolute Gasteiger partial charge is 0.261 e. The van der Waals surface area contributed by atoms with Gasteiger partial charge in [-0.25, -0.2) is 8.42 Å². The van der Waals surface area contributed by atoms with Crippen molar-refractivity contribution in [3.8, 4) is 0 Å². The molecule has 0 saturated carbocycles. The van der Waals surface area contributed by atoms with Crippen LogP contribution >= 0.6 is 0 Å². The highest BCUT2D eigenvalue weighted by Crippen LogP contribution is 2.26. The van der Waals surface area contributed by atoms with Crippen LogP contribution < -0.4 is 4.72 Å². The monoisotopic (exact) mass is 419 g/mol. The van der Waals surface area contributed by atoms with E-state index < -0.39 is 10.0 Å². The van der Waals surface area contributed by atoms with Crippen molar-refractivity contribution in [1.82, 2.24) is 4.98 Å². The van der Waals surface area contributed by atoms with Crippen molar-refractivity contribution in [1.29, 1.82) is 5.41 Å². The predicted octanol–water partition coefficient (Wildman–Crippen LogP) is 5.87. The summed E-state index contributed by atoms with van der Waals surface area (Å²) in [5.74, 6) is 0. The molecule has 0 aliphatic rings. The quantitative estimate of drug-likeness (QED) is 0.312. The van der Waals surface area contributed by atoms with Crippen molar-refractivity contribution >= 4 is 43.1 Å². The fourth-order valence-corrected chi connectivity index (χ4v) is 4.79. The van der Waals surface area contributed by atoms with Gasteiger partial charge in [-0.3, -0.25) is 4.72 Å². The van der Waals surface area contributed by atoms with Gasteiger partial charge in [-0.1, -0.05) is 43.7 Å². The minimum absolute atomic E-state index is 0.239. The molecule has 4 aromatic rings. The van der Waals surface area contributed by atoms with E-state index in [1.165, 1.54) is 0 Å². The minimum atomic E-state index is -3.70. The Kier molecular flexibility index (Phi) is 5.59. The van der Waals surface area contributed by atoms with Crippen molar-refractivity contribution in [2.45, 2.75) is 37.5 Å². The summed E-state index contributed by atoms with van der Waals surface area (Å²) in [4.78, 5) is 3.48. The molecule has 6 heteroatoms. The largest absolute Gasteiger partial charge is 0.361 e. The molecule has 0 aliphatic heterocycles. The fraction of sp³-hybridized carbons (Fsp3) is 0.208. The van der Waals surface area contributed by atoms with Gasteiger partial charge in [0.05, 0.1) is 4.90 Å². The van der Waals surface area contributed by atoms with Gasteiger partial charge in [-0.2, -0.15) is 0 Å². The number of aromatic nitrogens is 1. The summed E-state index contributed by atoms with van der Waals surface area (Å²) in [5, 5.41) is 10.9. The summed E-state index contributed by atoms with van der Waals surface area (Å²) >= 11 is 0. The Morgan fingerprint density at radius 2 is 1.80 bits per heavy atom. The number of aryl methyl sites for hydroxylation is 1. The molecule has 0 bridgehead atoms. The van der Waals surface area contributed by atoms with Gasteiger partial charge in [0.2, 0.25) is 0 Å². The van der Waals surface area contributed by atoms with Gasteiger partial charge in [0.1, 0.15) is 0 Å². The molecule has 30 heavy (non-hydrogen) atoms. The summed E-state index contributed by atoms with van der Waals surface area (Å²) in [6.45, 7) is 2.08. The SMILES string of the molecule is CCCC(=N)CCc1c[nH]c2ccc(NS(=O)(=O)c3ccc4ccccc4c3)cc12. The Labute approximate surface area is 176 Å². The lowest BCUT2D eigenvalue weighted by Crippen LogP contribution is -2.12. The molecular formula is C24H25N3O2S.